The summed E-state index contributed by atoms with van der Waals surface area (Å²) in [5.41, 5.74) is 1.88. The van der Waals surface area contributed by atoms with E-state index in [1.54, 1.807) is 35.6 Å². The normalized spacial score (nSPS) is 17.1. The number of thiazole rings is 1. The van der Waals surface area contributed by atoms with Crippen LogP contribution in [0.5, 0.6) is 0 Å². The molecule has 9 heteroatoms. The van der Waals surface area contributed by atoms with E-state index in [0.717, 1.165) is 35.5 Å². The van der Waals surface area contributed by atoms with Crippen LogP contribution in [0.2, 0.25) is 0 Å². The molecule has 1 N–H and O–H groups in total. The standard InChI is InChI=1S/C24H30N4O3S2/c1-3-28(4-2)33(30,31)19-13-11-18(12-14-19)16-25-23(29)17-27-15-7-9-21(27)24-26-20-8-5-6-10-22(20)32-24/h5-6,8,10-14,21H,3-4,7,9,15-17H2,1-2H3,(H,25,29)/t21-/m0/s1. The minimum atomic E-state index is -3.47. The zero-order chi connectivity index (χ0) is 23.4. The first-order valence-corrected chi connectivity index (χ1v) is 13.6. The van der Waals surface area contributed by atoms with Crippen LogP contribution in [0.3, 0.4) is 0 Å². The molecule has 0 bridgehead atoms. The molecule has 0 unspecified atom stereocenters. The number of sulfonamides is 1. The van der Waals surface area contributed by atoms with E-state index in [-0.39, 0.29) is 16.8 Å². The number of aromatic nitrogens is 1. The quantitative estimate of drug-likeness (QED) is 0.498. The first-order chi connectivity index (χ1) is 15.9. The van der Waals surface area contributed by atoms with Gasteiger partial charge in [-0.05, 0) is 49.2 Å². The molecule has 1 amide bonds. The largest absolute Gasteiger partial charge is 0.351 e. The summed E-state index contributed by atoms with van der Waals surface area (Å²) in [6.07, 6.45) is 2.06. The van der Waals surface area contributed by atoms with Gasteiger partial charge in [0.15, 0.2) is 0 Å². The maximum Gasteiger partial charge on any atom is 0.243 e. The number of carbonyl (C=O) groups excluding carboxylic acids is 1. The summed E-state index contributed by atoms with van der Waals surface area (Å²) >= 11 is 1.71. The summed E-state index contributed by atoms with van der Waals surface area (Å²) in [6.45, 7) is 6.10. The van der Waals surface area contributed by atoms with Gasteiger partial charge >= 0.3 is 0 Å². The van der Waals surface area contributed by atoms with Crippen LogP contribution in [0.1, 0.15) is 43.3 Å². The van der Waals surface area contributed by atoms with E-state index in [2.05, 4.69) is 16.3 Å². The average Bonchev–Trinajstić information content (AvgIpc) is 3.45. The number of nitrogens with one attached hydrogen (secondary N) is 1. The number of rotatable bonds is 9. The van der Waals surface area contributed by atoms with Crippen LogP contribution in [0.25, 0.3) is 10.2 Å². The van der Waals surface area contributed by atoms with Crippen molar-refractivity contribution in [2.75, 3.05) is 26.2 Å². The number of para-hydroxylation sites is 1. The van der Waals surface area contributed by atoms with Crippen molar-refractivity contribution in [3.05, 3.63) is 59.1 Å². The fourth-order valence-electron chi connectivity index (χ4n) is 4.26. The number of amides is 1. The highest BCUT2D eigenvalue weighted by atomic mass is 32.2. The number of fused-ring (bicyclic) bond motifs is 1. The Morgan fingerprint density at radius 1 is 1.15 bits per heavy atom. The number of carbonyl (C=O) groups is 1. The van der Waals surface area contributed by atoms with E-state index in [1.165, 1.54) is 9.01 Å². The number of benzene rings is 2. The molecule has 33 heavy (non-hydrogen) atoms. The molecule has 1 aliphatic rings. The maximum atomic E-state index is 12.6. The first kappa shape index (κ1) is 23.8. The van der Waals surface area contributed by atoms with Crippen LogP contribution in [0.4, 0.5) is 0 Å². The molecule has 1 saturated heterocycles. The number of nitrogens with zero attached hydrogens (tertiary/aromatic N) is 3. The summed E-state index contributed by atoms with van der Waals surface area (Å²) < 4.78 is 27.8. The zero-order valence-electron chi connectivity index (χ0n) is 19.0. The Balaban J connectivity index is 1.34. The lowest BCUT2D eigenvalue weighted by Crippen LogP contribution is -2.36. The van der Waals surface area contributed by atoms with E-state index in [4.69, 9.17) is 4.98 Å². The minimum Gasteiger partial charge on any atom is -0.351 e. The number of hydrogen-bond donors (Lipinski definition) is 1. The maximum absolute atomic E-state index is 12.6. The Morgan fingerprint density at radius 3 is 2.58 bits per heavy atom. The second-order valence-corrected chi connectivity index (χ2v) is 11.2. The molecule has 1 aromatic heterocycles. The smallest absolute Gasteiger partial charge is 0.243 e. The van der Waals surface area contributed by atoms with Crippen molar-refractivity contribution in [3.63, 3.8) is 0 Å². The first-order valence-electron chi connectivity index (χ1n) is 11.4. The average molecular weight is 487 g/mol. The van der Waals surface area contributed by atoms with Crippen molar-refractivity contribution in [1.82, 2.24) is 19.5 Å². The Bertz CT molecular complexity index is 1170. The molecule has 176 valence electrons. The fraction of sp³-hybridized carbons (Fsp3) is 0.417. The lowest BCUT2D eigenvalue weighted by molar-refractivity contribution is -0.122. The predicted octanol–water partition coefficient (Wildman–Crippen LogP) is 3.78. The third-order valence-corrected chi connectivity index (χ3v) is 9.26. The Labute approximate surface area is 199 Å². The second-order valence-electron chi connectivity index (χ2n) is 8.16. The van der Waals surface area contributed by atoms with Crippen molar-refractivity contribution < 1.29 is 13.2 Å². The fourth-order valence-corrected chi connectivity index (χ4v) is 6.86. The van der Waals surface area contributed by atoms with Gasteiger partial charge < -0.3 is 5.32 Å². The molecule has 4 rings (SSSR count). The summed E-state index contributed by atoms with van der Waals surface area (Å²) in [5, 5.41) is 4.05. The van der Waals surface area contributed by atoms with Crippen molar-refractivity contribution in [1.29, 1.82) is 0 Å². The summed E-state index contributed by atoms with van der Waals surface area (Å²) in [4.78, 5) is 19.9. The van der Waals surface area contributed by atoms with Gasteiger partial charge in [-0.25, -0.2) is 13.4 Å². The molecule has 0 aliphatic carbocycles. The van der Waals surface area contributed by atoms with E-state index in [9.17, 15) is 13.2 Å². The molecule has 0 radical (unpaired) electrons. The lowest BCUT2D eigenvalue weighted by Gasteiger charge is -2.22. The van der Waals surface area contributed by atoms with Gasteiger partial charge in [0.2, 0.25) is 15.9 Å². The van der Waals surface area contributed by atoms with Crippen LogP contribution < -0.4 is 5.32 Å². The van der Waals surface area contributed by atoms with E-state index in [0.29, 0.717) is 26.2 Å². The molecular weight excluding hydrogens is 456 g/mol. The van der Waals surface area contributed by atoms with Gasteiger partial charge in [-0.15, -0.1) is 11.3 Å². The Kier molecular flexibility index (Phi) is 7.43. The Hall–Kier alpha value is -2.33. The topological polar surface area (TPSA) is 82.6 Å². The molecule has 1 aliphatic heterocycles. The van der Waals surface area contributed by atoms with Crippen LogP contribution in [0.15, 0.2) is 53.4 Å². The summed E-state index contributed by atoms with van der Waals surface area (Å²) in [6, 6.07) is 15.1. The van der Waals surface area contributed by atoms with Crippen LogP contribution >= 0.6 is 11.3 Å². The van der Waals surface area contributed by atoms with E-state index in [1.807, 2.05) is 32.0 Å². The van der Waals surface area contributed by atoms with Crippen molar-refractivity contribution >= 4 is 37.5 Å². The molecule has 0 saturated carbocycles. The van der Waals surface area contributed by atoms with Gasteiger partial charge in [-0.3, -0.25) is 9.69 Å². The molecule has 3 aromatic rings. The van der Waals surface area contributed by atoms with Crippen LogP contribution in [-0.2, 0) is 21.4 Å². The highest BCUT2D eigenvalue weighted by Crippen LogP contribution is 2.36. The van der Waals surface area contributed by atoms with Crippen molar-refractivity contribution in [2.24, 2.45) is 0 Å². The molecule has 2 aromatic carbocycles. The highest BCUT2D eigenvalue weighted by Gasteiger charge is 2.30. The molecule has 1 fully saturated rings. The van der Waals surface area contributed by atoms with Gasteiger partial charge in [-0.2, -0.15) is 4.31 Å². The van der Waals surface area contributed by atoms with Gasteiger partial charge in [0.1, 0.15) is 5.01 Å². The lowest BCUT2D eigenvalue weighted by atomic mass is 10.2. The van der Waals surface area contributed by atoms with Crippen LogP contribution in [-0.4, -0.2) is 54.7 Å². The molecular formula is C24H30N4O3S2. The van der Waals surface area contributed by atoms with Crippen molar-refractivity contribution in [3.8, 4) is 0 Å². The zero-order valence-corrected chi connectivity index (χ0v) is 20.7. The third kappa shape index (κ3) is 5.27. The van der Waals surface area contributed by atoms with Gasteiger partial charge in [0, 0.05) is 19.6 Å². The monoisotopic (exact) mass is 486 g/mol. The van der Waals surface area contributed by atoms with Gasteiger partial charge in [-0.1, -0.05) is 38.1 Å². The van der Waals surface area contributed by atoms with Gasteiger partial charge in [0.25, 0.3) is 0 Å². The highest BCUT2D eigenvalue weighted by molar-refractivity contribution is 7.89. The molecule has 2 heterocycles. The van der Waals surface area contributed by atoms with Gasteiger partial charge in [0.05, 0.1) is 27.7 Å². The third-order valence-electron chi connectivity index (χ3n) is 6.06. The van der Waals surface area contributed by atoms with E-state index < -0.39 is 10.0 Å². The molecule has 7 nitrogen and oxygen atoms in total. The molecule has 1 atom stereocenters. The summed E-state index contributed by atoms with van der Waals surface area (Å²) in [7, 11) is -3.47. The number of hydrogen-bond acceptors (Lipinski definition) is 6. The SMILES string of the molecule is CCN(CC)S(=O)(=O)c1ccc(CNC(=O)CN2CCC[C@H]2c2nc3ccccc3s2)cc1. The summed E-state index contributed by atoms with van der Waals surface area (Å²) in [5.74, 6) is -0.0390. The van der Waals surface area contributed by atoms with E-state index >= 15 is 0 Å². The predicted molar refractivity (Wildman–Crippen MR) is 132 cm³/mol. The Morgan fingerprint density at radius 2 is 1.88 bits per heavy atom. The van der Waals surface area contributed by atoms with Crippen LogP contribution in [0, 0.1) is 0 Å². The van der Waals surface area contributed by atoms with Crippen molar-refractivity contribution in [2.45, 2.75) is 44.2 Å². The molecule has 0 spiro atoms. The second kappa shape index (κ2) is 10.3. The number of likely N-dealkylation sites (tertiary alicyclic amines) is 1. The minimum absolute atomic E-state index is 0.0390.